The number of benzene rings is 2. The molecular formula is C19H16FN5O6. The maximum Gasteiger partial charge on any atom is 0.308 e. The van der Waals surface area contributed by atoms with Crippen molar-refractivity contribution >= 4 is 40.1 Å². The molecule has 0 aliphatic rings. The molecule has 0 aliphatic carbocycles. The maximum atomic E-state index is 13.3. The van der Waals surface area contributed by atoms with Gasteiger partial charge in [0.1, 0.15) is 0 Å². The maximum absolute atomic E-state index is 13.3. The van der Waals surface area contributed by atoms with Crippen molar-refractivity contribution in [2.24, 2.45) is 0 Å². The van der Waals surface area contributed by atoms with Gasteiger partial charge in [-0.05, 0) is 18.2 Å². The molecule has 0 bridgehead atoms. The Morgan fingerprint density at radius 2 is 1.97 bits per heavy atom. The standard InChI is InChI=1S/C19H16FN5O6/c20-13-6-5-11(9-15(13)25(29)30)22-16(26)10-31-17(27)7-8-21-19(28)18-12-3-1-2-4-14(12)23-24-18/h1-6,9H,7-8,10H2,(H,21,28)(H,22,26)(H,23,24). The second-order valence-corrected chi connectivity index (χ2v) is 6.26. The molecule has 2 aromatic carbocycles. The van der Waals surface area contributed by atoms with E-state index < -0.39 is 40.8 Å². The molecule has 160 valence electrons. The van der Waals surface area contributed by atoms with Gasteiger partial charge in [0.2, 0.25) is 5.82 Å². The number of rotatable bonds is 8. The van der Waals surface area contributed by atoms with E-state index in [1.807, 2.05) is 0 Å². The number of hydrogen-bond donors (Lipinski definition) is 3. The van der Waals surface area contributed by atoms with Crippen LogP contribution < -0.4 is 10.6 Å². The Balaban J connectivity index is 1.42. The summed E-state index contributed by atoms with van der Waals surface area (Å²) in [6, 6.07) is 9.89. The zero-order valence-electron chi connectivity index (χ0n) is 15.9. The molecule has 1 heterocycles. The number of para-hydroxylation sites is 1. The van der Waals surface area contributed by atoms with E-state index in [9.17, 15) is 28.9 Å². The van der Waals surface area contributed by atoms with Crippen molar-refractivity contribution in [2.75, 3.05) is 18.5 Å². The van der Waals surface area contributed by atoms with Gasteiger partial charge in [-0.25, -0.2) is 0 Å². The lowest BCUT2D eigenvalue weighted by Crippen LogP contribution is -2.28. The lowest BCUT2D eigenvalue weighted by Gasteiger charge is -2.07. The zero-order chi connectivity index (χ0) is 22.4. The summed E-state index contributed by atoms with van der Waals surface area (Å²) < 4.78 is 18.1. The van der Waals surface area contributed by atoms with Gasteiger partial charge in [0.25, 0.3) is 11.8 Å². The largest absolute Gasteiger partial charge is 0.456 e. The molecule has 31 heavy (non-hydrogen) atoms. The predicted octanol–water partition coefficient (Wildman–Crippen LogP) is 1.91. The number of nitro benzene ring substituents is 1. The van der Waals surface area contributed by atoms with E-state index in [4.69, 9.17) is 4.74 Å². The zero-order valence-corrected chi connectivity index (χ0v) is 15.9. The van der Waals surface area contributed by atoms with Crippen molar-refractivity contribution in [1.82, 2.24) is 15.5 Å². The minimum absolute atomic E-state index is 0.0207. The number of carbonyl (C=O) groups is 3. The van der Waals surface area contributed by atoms with Crippen molar-refractivity contribution in [3.63, 3.8) is 0 Å². The van der Waals surface area contributed by atoms with Crippen LogP contribution in [0, 0.1) is 15.9 Å². The van der Waals surface area contributed by atoms with Crippen LogP contribution in [0.5, 0.6) is 0 Å². The van der Waals surface area contributed by atoms with E-state index in [0.29, 0.717) is 10.9 Å². The highest BCUT2D eigenvalue weighted by atomic mass is 19.1. The number of ether oxygens (including phenoxy) is 1. The van der Waals surface area contributed by atoms with Crippen LogP contribution in [0.15, 0.2) is 42.5 Å². The Morgan fingerprint density at radius 3 is 2.74 bits per heavy atom. The van der Waals surface area contributed by atoms with Crippen LogP contribution in [-0.2, 0) is 14.3 Å². The molecule has 0 spiro atoms. The average molecular weight is 429 g/mol. The molecule has 0 atom stereocenters. The number of H-pyrrole nitrogens is 1. The lowest BCUT2D eigenvalue weighted by atomic mass is 10.2. The third kappa shape index (κ3) is 5.38. The molecule has 0 unspecified atom stereocenters. The highest BCUT2D eigenvalue weighted by molar-refractivity contribution is 6.04. The number of aromatic nitrogens is 2. The van der Waals surface area contributed by atoms with Crippen LogP contribution in [0.2, 0.25) is 0 Å². The van der Waals surface area contributed by atoms with Crippen LogP contribution in [0.1, 0.15) is 16.9 Å². The molecule has 0 fully saturated rings. The third-order valence-corrected chi connectivity index (χ3v) is 4.09. The van der Waals surface area contributed by atoms with Gasteiger partial charge >= 0.3 is 11.7 Å². The first-order chi connectivity index (χ1) is 14.8. The number of aromatic amines is 1. The predicted molar refractivity (Wildman–Crippen MR) is 106 cm³/mol. The number of nitro groups is 1. The van der Waals surface area contributed by atoms with Crippen LogP contribution in [0.25, 0.3) is 10.9 Å². The van der Waals surface area contributed by atoms with Crippen molar-refractivity contribution < 1.29 is 28.4 Å². The number of fused-ring (bicyclic) bond motifs is 1. The number of nitrogens with one attached hydrogen (secondary N) is 3. The van der Waals surface area contributed by atoms with Crippen molar-refractivity contribution in [1.29, 1.82) is 0 Å². The summed E-state index contributed by atoms with van der Waals surface area (Å²) in [4.78, 5) is 45.5. The lowest BCUT2D eigenvalue weighted by molar-refractivity contribution is -0.387. The summed E-state index contributed by atoms with van der Waals surface area (Å²) in [6.07, 6.45) is -0.191. The molecule has 0 saturated carbocycles. The Morgan fingerprint density at radius 1 is 1.19 bits per heavy atom. The minimum Gasteiger partial charge on any atom is -0.456 e. The topological polar surface area (TPSA) is 156 Å². The number of hydrogen-bond acceptors (Lipinski definition) is 7. The second kappa shape index (κ2) is 9.43. The quantitative estimate of drug-likeness (QED) is 0.280. The Hall–Kier alpha value is -4.35. The first-order valence-electron chi connectivity index (χ1n) is 8.96. The van der Waals surface area contributed by atoms with Crippen LogP contribution in [0.4, 0.5) is 15.8 Å². The van der Waals surface area contributed by atoms with E-state index in [2.05, 4.69) is 20.8 Å². The SMILES string of the molecule is O=C(COC(=O)CCNC(=O)c1n[nH]c2ccccc12)Nc1ccc(F)c([N+](=O)[O-])c1. The molecule has 0 saturated heterocycles. The fourth-order valence-corrected chi connectivity index (χ4v) is 2.64. The van der Waals surface area contributed by atoms with Gasteiger partial charge in [0.05, 0.1) is 16.9 Å². The van der Waals surface area contributed by atoms with E-state index in [0.717, 1.165) is 18.2 Å². The summed E-state index contributed by atoms with van der Waals surface area (Å²) in [7, 11) is 0. The number of nitrogens with zero attached hydrogens (tertiary/aromatic N) is 2. The Bertz CT molecular complexity index is 1160. The van der Waals surface area contributed by atoms with Crippen molar-refractivity contribution in [2.45, 2.75) is 6.42 Å². The van der Waals surface area contributed by atoms with Crippen LogP contribution in [-0.4, -0.2) is 46.1 Å². The number of esters is 1. The highest BCUT2D eigenvalue weighted by Crippen LogP contribution is 2.21. The van der Waals surface area contributed by atoms with Gasteiger partial charge in [0.15, 0.2) is 12.3 Å². The average Bonchev–Trinajstić information content (AvgIpc) is 3.17. The summed E-state index contributed by atoms with van der Waals surface area (Å²) in [5.74, 6) is -3.02. The van der Waals surface area contributed by atoms with Crippen molar-refractivity contribution in [3.8, 4) is 0 Å². The highest BCUT2D eigenvalue weighted by Gasteiger charge is 2.17. The van der Waals surface area contributed by atoms with Gasteiger partial charge < -0.3 is 15.4 Å². The third-order valence-electron chi connectivity index (χ3n) is 4.09. The van der Waals surface area contributed by atoms with E-state index >= 15 is 0 Å². The van der Waals surface area contributed by atoms with Crippen molar-refractivity contribution in [3.05, 3.63) is 64.1 Å². The Labute approximate surface area is 173 Å². The molecule has 2 amide bonds. The summed E-state index contributed by atoms with van der Waals surface area (Å²) in [5.41, 5.74) is 0.0733. The number of amides is 2. The van der Waals surface area contributed by atoms with Gasteiger partial charge in [-0.2, -0.15) is 9.49 Å². The molecule has 1 aromatic heterocycles. The first kappa shape index (κ1) is 21.4. The van der Waals surface area contributed by atoms with E-state index in [1.165, 1.54) is 0 Å². The molecule has 12 heteroatoms. The van der Waals surface area contributed by atoms with E-state index in [-0.39, 0.29) is 24.3 Å². The smallest absolute Gasteiger partial charge is 0.308 e. The minimum atomic E-state index is -1.04. The number of halogens is 1. The molecule has 11 nitrogen and oxygen atoms in total. The number of carbonyl (C=O) groups excluding carboxylic acids is 3. The summed E-state index contributed by atoms with van der Waals surface area (Å²) in [6.45, 7) is -0.688. The molecule has 3 aromatic rings. The summed E-state index contributed by atoms with van der Waals surface area (Å²) in [5, 5.41) is 22.8. The normalized spacial score (nSPS) is 10.5. The fraction of sp³-hybridized carbons (Fsp3) is 0.158. The summed E-state index contributed by atoms with van der Waals surface area (Å²) >= 11 is 0. The van der Waals surface area contributed by atoms with Gasteiger partial charge in [-0.15, -0.1) is 0 Å². The van der Waals surface area contributed by atoms with E-state index in [1.54, 1.807) is 24.3 Å². The van der Waals surface area contributed by atoms with Gasteiger partial charge in [0, 0.05) is 23.7 Å². The van der Waals surface area contributed by atoms with Gasteiger partial charge in [-0.1, -0.05) is 18.2 Å². The number of anilines is 1. The second-order valence-electron chi connectivity index (χ2n) is 6.26. The molecule has 0 radical (unpaired) electrons. The Kier molecular flexibility index (Phi) is 6.50. The monoisotopic (exact) mass is 429 g/mol. The van der Waals surface area contributed by atoms with Crippen LogP contribution >= 0.6 is 0 Å². The molecule has 0 aliphatic heterocycles. The van der Waals surface area contributed by atoms with Gasteiger partial charge in [-0.3, -0.25) is 29.6 Å². The first-order valence-corrected chi connectivity index (χ1v) is 8.96. The molecule has 3 N–H and O–H groups in total. The molecule has 3 rings (SSSR count). The molecular weight excluding hydrogens is 413 g/mol. The van der Waals surface area contributed by atoms with Crippen LogP contribution in [0.3, 0.4) is 0 Å². The fourth-order valence-electron chi connectivity index (χ4n) is 2.64.